The van der Waals surface area contributed by atoms with E-state index in [2.05, 4.69) is 0 Å². The molecule has 0 aliphatic carbocycles. The smallest absolute Gasteiger partial charge is 0.227 e. The Balaban J connectivity index is 2.42. The van der Waals surface area contributed by atoms with Gasteiger partial charge < -0.3 is 4.90 Å². The molecule has 0 spiro atoms. The van der Waals surface area contributed by atoms with Crippen LogP contribution in [0.5, 0.6) is 0 Å². The molecule has 0 fully saturated rings. The Hall–Kier alpha value is -1.38. The molecule has 0 unspecified atom stereocenters. The number of carbonyl (C=O) groups is 1. The van der Waals surface area contributed by atoms with E-state index in [0.717, 1.165) is 11.1 Å². The van der Waals surface area contributed by atoms with Crippen molar-refractivity contribution in [1.29, 1.82) is 0 Å². The van der Waals surface area contributed by atoms with Crippen molar-refractivity contribution in [1.82, 2.24) is 4.90 Å². The summed E-state index contributed by atoms with van der Waals surface area (Å²) in [6.07, 6.45) is 0.395. The van der Waals surface area contributed by atoms with Crippen molar-refractivity contribution in [2.75, 3.05) is 7.05 Å². The third-order valence-electron chi connectivity index (χ3n) is 2.34. The van der Waals surface area contributed by atoms with Gasteiger partial charge in [0.1, 0.15) is 5.82 Å². The third kappa shape index (κ3) is 1.41. The summed E-state index contributed by atoms with van der Waals surface area (Å²) >= 11 is 0. The zero-order valence-corrected chi connectivity index (χ0v) is 7.38. The molecule has 0 bridgehead atoms. The Labute approximate surface area is 76.0 Å². The zero-order chi connectivity index (χ0) is 9.42. The van der Waals surface area contributed by atoms with Gasteiger partial charge in [-0.25, -0.2) is 4.39 Å². The predicted molar refractivity (Wildman–Crippen MR) is 46.6 cm³/mol. The van der Waals surface area contributed by atoms with E-state index in [1.54, 1.807) is 18.0 Å². The number of nitrogens with zero attached hydrogens (tertiary/aromatic N) is 1. The lowest BCUT2D eigenvalue weighted by atomic mass is 10.00. The molecule has 1 aromatic rings. The predicted octanol–water partition coefficient (Wildman–Crippen LogP) is 1.34. The fourth-order valence-corrected chi connectivity index (χ4v) is 1.56. The number of hydrogen-bond acceptors (Lipinski definition) is 1. The van der Waals surface area contributed by atoms with Gasteiger partial charge in [0, 0.05) is 13.6 Å². The van der Waals surface area contributed by atoms with E-state index >= 15 is 0 Å². The van der Waals surface area contributed by atoms with Gasteiger partial charge in [-0.15, -0.1) is 0 Å². The summed E-state index contributed by atoms with van der Waals surface area (Å²) in [5.41, 5.74) is 1.87. The van der Waals surface area contributed by atoms with E-state index in [-0.39, 0.29) is 11.7 Å². The molecule has 1 aliphatic heterocycles. The molecule has 0 saturated heterocycles. The maximum Gasteiger partial charge on any atom is 0.227 e. The summed E-state index contributed by atoms with van der Waals surface area (Å²) in [6.45, 7) is 0.520. The zero-order valence-electron chi connectivity index (χ0n) is 7.38. The molecule has 1 heterocycles. The van der Waals surface area contributed by atoms with Crippen LogP contribution in [-0.4, -0.2) is 17.9 Å². The fraction of sp³-hybridized carbons (Fsp3) is 0.300. The molecule has 0 N–H and O–H groups in total. The van der Waals surface area contributed by atoms with Crippen LogP contribution < -0.4 is 0 Å². The molecule has 1 aromatic carbocycles. The van der Waals surface area contributed by atoms with E-state index in [9.17, 15) is 9.18 Å². The number of amides is 1. The number of halogens is 1. The van der Waals surface area contributed by atoms with Crippen molar-refractivity contribution >= 4 is 5.91 Å². The van der Waals surface area contributed by atoms with Crippen LogP contribution in [0.1, 0.15) is 11.1 Å². The summed E-state index contributed by atoms with van der Waals surface area (Å²) < 4.78 is 12.8. The van der Waals surface area contributed by atoms with Gasteiger partial charge >= 0.3 is 0 Å². The Morgan fingerprint density at radius 2 is 2.15 bits per heavy atom. The molecule has 0 radical (unpaired) electrons. The summed E-state index contributed by atoms with van der Waals surface area (Å²) in [7, 11) is 1.73. The number of hydrogen-bond donors (Lipinski definition) is 0. The van der Waals surface area contributed by atoms with Crippen LogP contribution in [0.25, 0.3) is 0 Å². The highest BCUT2D eigenvalue weighted by molar-refractivity contribution is 5.80. The second kappa shape index (κ2) is 2.83. The van der Waals surface area contributed by atoms with Crippen LogP contribution in [0.4, 0.5) is 4.39 Å². The van der Waals surface area contributed by atoms with Gasteiger partial charge in [0.25, 0.3) is 0 Å². The molecule has 0 saturated carbocycles. The van der Waals surface area contributed by atoms with E-state index in [0.29, 0.717) is 13.0 Å². The Kier molecular flexibility index (Phi) is 1.79. The molecule has 1 aliphatic rings. The maximum absolute atomic E-state index is 12.8. The van der Waals surface area contributed by atoms with Gasteiger partial charge in [0.05, 0.1) is 6.42 Å². The second-order valence-electron chi connectivity index (χ2n) is 3.34. The van der Waals surface area contributed by atoms with Gasteiger partial charge in [-0.2, -0.15) is 0 Å². The Bertz CT molecular complexity index is 362. The average molecular weight is 179 g/mol. The summed E-state index contributed by atoms with van der Waals surface area (Å²) in [6, 6.07) is 4.59. The van der Waals surface area contributed by atoms with Crippen LogP contribution >= 0.6 is 0 Å². The van der Waals surface area contributed by atoms with E-state index in [4.69, 9.17) is 0 Å². The quantitative estimate of drug-likeness (QED) is 0.588. The lowest BCUT2D eigenvalue weighted by Crippen LogP contribution is -2.32. The van der Waals surface area contributed by atoms with E-state index in [1.165, 1.54) is 12.1 Å². The van der Waals surface area contributed by atoms with Crippen molar-refractivity contribution in [2.45, 2.75) is 13.0 Å². The minimum absolute atomic E-state index is 0.0964. The molecule has 2 nitrogen and oxygen atoms in total. The molecule has 1 amide bonds. The number of rotatable bonds is 0. The first-order valence-corrected chi connectivity index (χ1v) is 4.18. The first-order chi connectivity index (χ1) is 6.16. The third-order valence-corrected chi connectivity index (χ3v) is 2.34. The monoisotopic (exact) mass is 179 g/mol. The molecule has 0 atom stereocenters. The van der Waals surface area contributed by atoms with Crippen LogP contribution in [0.15, 0.2) is 18.2 Å². The number of likely N-dealkylation sites (N-methyl/N-ethyl adjacent to an activating group) is 1. The van der Waals surface area contributed by atoms with Gasteiger partial charge in [-0.1, -0.05) is 6.07 Å². The van der Waals surface area contributed by atoms with Crippen LogP contribution in [0.3, 0.4) is 0 Å². The van der Waals surface area contributed by atoms with Crippen LogP contribution in [0, 0.1) is 5.82 Å². The van der Waals surface area contributed by atoms with Crippen molar-refractivity contribution in [3.05, 3.63) is 35.1 Å². The highest BCUT2D eigenvalue weighted by Gasteiger charge is 2.19. The number of benzene rings is 1. The topological polar surface area (TPSA) is 20.3 Å². The fourth-order valence-electron chi connectivity index (χ4n) is 1.56. The largest absolute Gasteiger partial charge is 0.341 e. The van der Waals surface area contributed by atoms with Gasteiger partial charge in [-0.05, 0) is 23.3 Å². The van der Waals surface area contributed by atoms with Crippen LogP contribution in [0.2, 0.25) is 0 Å². The molecule has 68 valence electrons. The lowest BCUT2D eigenvalue weighted by Gasteiger charge is -2.24. The van der Waals surface area contributed by atoms with Gasteiger partial charge in [-0.3, -0.25) is 4.79 Å². The standard InChI is InChI=1S/C10H10FNO/c1-12-6-8-4-9(11)3-2-7(8)5-10(12)13/h2-4H,5-6H2,1H3. The highest BCUT2D eigenvalue weighted by Crippen LogP contribution is 2.19. The number of fused-ring (bicyclic) bond motifs is 1. The van der Waals surface area contributed by atoms with Crippen molar-refractivity contribution in [2.24, 2.45) is 0 Å². The summed E-state index contributed by atoms with van der Waals surface area (Å²) in [4.78, 5) is 12.9. The van der Waals surface area contributed by atoms with E-state index < -0.39 is 0 Å². The second-order valence-corrected chi connectivity index (χ2v) is 3.34. The van der Waals surface area contributed by atoms with Gasteiger partial charge in [0.2, 0.25) is 5.91 Å². The Morgan fingerprint density at radius 1 is 1.38 bits per heavy atom. The molecule has 2 rings (SSSR count). The average Bonchev–Trinajstić information content (AvgIpc) is 2.08. The minimum Gasteiger partial charge on any atom is -0.341 e. The SMILES string of the molecule is CN1Cc2cc(F)ccc2CC1=O. The molecular weight excluding hydrogens is 169 g/mol. The molecule has 13 heavy (non-hydrogen) atoms. The van der Waals surface area contributed by atoms with Crippen molar-refractivity contribution in [3.8, 4) is 0 Å². The van der Waals surface area contributed by atoms with Gasteiger partial charge in [0.15, 0.2) is 0 Å². The highest BCUT2D eigenvalue weighted by atomic mass is 19.1. The van der Waals surface area contributed by atoms with E-state index in [1.807, 2.05) is 0 Å². The van der Waals surface area contributed by atoms with Crippen LogP contribution in [-0.2, 0) is 17.8 Å². The molecule has 0 aromatic heterocycles. The van der Waals surface area contributed by atoms with Crippen molar-refractivity contribution < 1.29 is 9.18 Å². The first kappa shape index (κ1) is 8.23. The summed E-state index contributed by atoms with van der Waals surface area (Å²) in [5.74, 6) is -0.138. The first-order valence-electron chi connectivity index (χ1n) is 4.18. The maximum atomic E-state index is 12.8. The number of carbonyl (C=O) groups excluding carboxylic acids is 1. The minimum atomic E-state index is -0.235. The Morgan fingerprint density at radius 3 is 2.92 bits per heavy atom. The van der Waals surface area contributed by atoms with Crippen molar-refractivity contribution in [3.63, 3.8) is 0 Å². The lowest BCUT2D eigenvalue weighted by molar-refractivity contribution is -0.130. The normalized spacial score (nSPS) is 15.8. The molecule has 3 heteroatoms. The summed E-state index contributed by atoms with van der Waals surface area (Å²) in [5, 5.41) is 0. The molecular formula is C10H10FNO.